The summed E-state index contributed by atoms with van der Waals surface area (Å²) in [7, 11) is 0. The number of hydrogen-bond acceptors (Lipinski definition) is 0. The van der Waals surface area contributed by atoms with Crippen molar-refractivity contribution in [1.82, 2.24) is 0 Å². The van der Waals surface area contributed by atoms with E-state index in [2.05, 4.69) is 36.6 Å². The van der Waals surface area contributed by atoms with Gasteiger partial charge in [-0.2, -0.15) is 0 Å². The first-order valence-electron chi connectivity index (χ1n) is 4.70. The molecule has 0 N–H and O–H groups in total. The van der Waals surface area contributed by atoms with Crippen LogP contribution in [0.3, 0.4) is 0 Å². The van der Waals surface area contributed by atoms with Crippen LogP contribution in [0.2, 0.25) is 16.8 Å². The molecule has 64 valence electrons. The molecule has 1 heterocycles. The van der Waals surface area contributed by atoms with Crippen LogP contribution >= 0.6 is 0 Å². The van der Waals surface area contributed by atoms with Gasteiger partial charge in [0.25, 0.3) is 0 Å². The van der Waals surface area contributed by atoms with E-state index in [0.717, 1.165) is 0 Å². The van der Waals surface area contributed by atoms with Crippen LogP contribution in [0.5, 0.6) is 0 Å². The van der Waals surface area contributed by atoms with E-state index in [1.165, 1.54) is 17.2 Å². The average molecular weight is 221 g/mol. The molecule has 0 bridgehead atoms. The van der Waals surface area contributed by atoms with Crippen molar-refractivity contribution in [3.63, 3.8) is 0 Å². The Balaban J connectivity index is 2.57. The maximum absolute atomic E-state index is 2.53. The third kappa shape index (κ3) is 1.22. The number of rotatable bonds is 0. The SMILES string of the molecule is Cc1ccc2[c](c1)[Ge]([CH3])([CH3])[CH2]C2. The summed E-state index contributed by atoms with van der Waals surface area (Å²) in [5, 5.41) is 1.50. The van der Waals surface area contributed by atoms with Crippen LogP contribution in [-0.4, -0.2) is 13.3 Å². The van der Waals surface area contributed by atoms with Gasteiger partial charge in [-0.3, -0.25) is 0 Å². The topological polar surface area (TPSA) is 0 Å². The monoisotopic (exact) mass is 222 g/mol. The van der Waals surface area contributed by atoms with Gasteiger partial charge in [0.15, 0.2) is 0 Å². The molecule has 0 fully saturated rings. The second-order valence-electron chi connectivity index (χ2n) is 4.54. The quantitative estimate of drug-likeness (QED) is 0.590. The van der Waals surface area contributed by atoms with Crippen molar-refractivity contribution in [1.29, 1.82) is 0 Å². The van der Waals surface area contributed by atoms with Gasteiger partial charge >= 0.3 is 77.1 Å². The van der Waals surface area contributed by atoms with Crippen LogP contribution < -0.4 is 4.40 Å². The minimum absolute atomic E-state index is 1.35. The van der Waals surface area contributed by atoms with Crippen LogP contribution in [0.1, 0.15) is 11.1 Å². The van der Waals surface area contributed by atoms with Gasteiger partial charge in [-0.25, -0.2) is 0 Å². The van der Waals surface area contributed by atoms with Crippen LogP contribution in [0, 0.1) is 6.92 Å². The Hall–Kier alpha value is -0.237. The van der Waals surface area contributed by atoms with Crippen LogP contribution in [0.25, 0.3) is 0 Å². The maximum atomic E-state index is 2.53. The Labute approximate surface area is 77.4 Å². The van der Waals surface area contributed by atoms with Crippen molar-refractivity contribution in [3.05, 3.63) is 29.3 Å². The minimum atomic E-state index is -1.49. The first kappa shape index (κ1) is 8.37. The zero-order chi connectivity index (χ0) is 8.77. The normalized spacial score (nSPS) is 19.2. The van der Waals surface area contributed by atoms with Gasteiger partial charge < -0.3 is 0 Å². The Morgan fingerprint density at radius 3 is 2.75 bits per heavy atom. The predicted molar refractivity (Wildman–Crippen MR) is 56.8 cm³/mol. The Morgan fingerprint density at radius 1 is 1.25 bits per heavy atom. The van der Waals surface area contributed by atoms with Crippen molar-refractivity contribution in [2.24, 2.45) is 0 Å². The molecular formula is C11H16Ge. The fourth-order valence-corrected chi connectivity index (χ4v) is 8.12. The van der Waals surface area contributed by atoms with Gasteiger partial charge in [0.05, 0.1) is 0 Å². The second-order valence-corrected chi connectivity index (χ2v) is 14.6. The van der Waals surface area contributed by atoms with E-state index >= 15 is 0 Å². The van der Waals surface area contributed by atoms with E-state index in [1.807, 2.05) is 0 Å². The van der Waals surface area contributed by atoms with Gasteiger partial charge in [0.2, 0.25) is 0 Å². The number of hydrogen-bond donors (Lipinski definition) is 0. The molecule has 1 aliphatic heterocycles. The molecule has 1 heteroatoms. The summed E-state index contributed by atoms with van der Waals surface area (Å²) < 4.78 is 1.76. The fraction of sp³-hybridized carbons (Fsp3) is 0.455. The zero-order valence-electron chi connectivity index (χ0n) is 8.15. The van der Waals surface area contributed by atoms with Crippen molar-refractivity contribution in [3.8, 4) is 0 Å². The van der Waals surface area contributed by atoms with E-state index in [0.29, 0.717) is 0 Å². The summed E-state index contributed by atoms with van der Waals surface area (Å²) in [4.78, 5) is 0. The third-order valence-corrected chi connectivity index (χ3v) is 10.2. The van der Waals surface area contributed by atoms with Crippen LogP contribution in [0.15, 0.2) is 18.2 Å². The zero-order valence-corrected chi connectivity index (χ0v) is 10.2. The molecule has 0 nitrogen and oxygen atoms in total. The van der Waals surface area contributed by atoms with E-state index in [1.54, 1.807) is 9.96 Å². The molecule has 0 saturated carbocycles. The number of fused-ring (bicyclic) bond motifs is 1. The van der Waals surface area contributed by atoms with Crippen molar-refractivity contribution < 1.29 is 0 Å². The van der Waals surface area contributed by atoms with Crippen molar-refractivity contribution >= 4 is 17.7 Å². The number of benzene rings is 1. The Bertz CT molecular complexity index is 313. The molecule has 2 rings (SSSR count). The van der Waals surface area contributed by atoms with Crippen LogP contribution in [-0.2, 0) is 6.42 Å². The first-order chi connectivity index (χ1) is 5.59. The molecule has 0 unspecified atom stereocenters. The molecule has 0 spiro atoms. The summed E-state index contributed by atoms with van der Waals surface area (Å²) in [5.41, 5.74) is 3.08. The molecule has 1 aromatic carbocycles. The molecule has 0 aromatic heterocycles. The van der Waals surface area contributed by atoms with Gasteiger partial charge in [0.1, 0.15) is 0 Å². The van der Waals surface area contributed by atoms with Crippen molar-refractivity contribution in [2.45, 2.75) is 30.1 Å². The first-order valence-corrected chi connectivity index (χ1v) is 11.4. The molecule has 0 saturated heterocycles. The van der Waals surface area contributed by atoms with E-state index in [9.17, 15) is 0 Å². The van der Waals surface area contributed by atoms with Gasteiger partial charge in [-0.05, 0) is 0 Å². The summed E-state index contributed by atoms with van der Waals surface area (Å²) in [6.45, 7) is 2.21. The number of aryl methyl sites for hydroxylation is 2. The average Bonchev–Trinajstić information content (AvgIpc) is 2.28. The van der Waals surface area contributed by atoms with E-state index < -0.39 is 13.3 Å². The predicted octanol–water partition coefficient (Wildman–Crippen LogP) is 2.47. The summed E-state index contributed by atoms with van der Waals surface area (Å²) >= 11 is -1.49. The molecule has 0 radical (unpaired) electrons. The van der Waals surface area contributed by atoms with Gasteiger partial charge in [-0.1, -0.05) is 0 Å². The second kappa shape index (κ2) is 2.63. The molecule has 12 heavy (non-hydrogen) atoms. The molecular weight excluding hydrogens is 205 g/mol. The molecule has 0 amide bonds. The van der Waals surface area contributed by atoms with E-state index in [4.69, 9.17) is 0 Å². The van der Waals surface area contributed by atoms with Crippen molar-refractivity contribution in [2.75, 3.05) is 0 Å². The fourth-order valence-electron chi connectivity index (χ4n) is 2.12. The van der Waals surface area contributed by atoms with E-state index in [-0.39, 0.29) is 0 Å². The summed E-state index contributed by atoms with van der Waals surface area (Å²) in [5.74, 6) is 5.07. The summed E-state index contributed by atoms with van der Waals surface area (Å²) in [6.07, 6.45) is 1.35. The van der Waals surface area contributed by atoms with Gasteiger partial charge in [0, 0.05) is 0 Å². The molecule has 0 aliphatic carbocycles. The standard InChI is InChI=1S/C11H16Ge/c1-9-4-5-10-6-7-12(2,3)11(10)8-9/h4-5,8H,6-7H2,1-3H3. The Kier molecular flexibility index (Phi) is 1.83. The Morgan fingerprint density at radius 2 is 2.00 bits per heavy atom. The van der Waals surface area contributed by atoms with Crippen LogP contribution in [0.4, 0.5) is 0 Å². The molecule has 1 aromatic rings. The van der Waals surface area contributed by atoms with Gasteiger partial charge in [-0.15, -0.1) is 0 Å². The molecule has 1 aliphatic rings. The third-order valence-electron chi connectivity index (χ3n) is 3.01. The molecule has 0 atom stereocenters. The summed E-state index contributed by atoms with van der Waals surface area (Å²) in [6, 6.07) is 7.02.